The van der Waals surface area contributed by atoms with Crippen molar-refractivity contribution in [1.82, 2.24) is 4.90 Å². The van der Waals surface area contributed by atoms with Gasteiger partial charge in [0.05, 0.1) is 20.1 Å². The number of ether oxygens (including phenoxy) is 2. The van der Waals surface area contributed by atoms with E-state index in [4.69, 9.17) is 9.47 Å². The number of hydrogen-bond acceptors (Lipinski definition) is 4. The lowest BCUT2D eigenvalue weighted by atomic mass is 9.84. The summed E-state index contributed by atoms with van der Waals surface area (Å²) >= 11 is 0. The SMILES string of the molecule is COc1ccc(CC(CC2CCN(Cc3ccccc3)CC2)C(=O)O)cc1OC. The minimum absolute atomic E-state index is 0.376. The van der Waals surface area contributed by atoms with Crippen molar-refractivity contribution < 1.29 is 19.4 Å². The highest BCUT2D eigenvalue weighted by atomic mass is 16.5. The first-order valence-corrected chi connectivity index (χ1v) is 10.3. The number of aliphatic carboxylic acids is 1. The first-order chi connectivity index (χ1) is 14.1. The van der Waals surface area contributed by atoms with Crippen LogP contribution < -0.4 is 9.47 Å². The van der Waals surface area contributed by atoms with E-state index in [1.54, 1.807) is 14.2 Å². The third-order valence-corrected chi connectivity index (χ3v) is 5.85. The summed E-state index contributed by atoms with van der Waals surface area (Å²) in [5.41, 5.74) is 2.30. The van der Waals surface area contributed by atoms with E-state index in [1.807, 2.05) is 24.3 Å². The van der Waals surface area contributed by atoms with Gasteiger partial charge < -0.3 is 14.6 Å². The molecule has 29 heavy (non-hydrogen) atoms. The topological polar surface area (TPSA) is 59.0 Å². The molecule has 5 heteroatoms. The number of rotatable bonds is 9. The Morgan fingerprint density at radius 1 is 1.03 bits per heavy atom. The van der Waals surface area contributed by atoms with Crippen LogP contribution in [0.25, 0.3) is 0 Å². The Balaban J connectivity index is 1.54. The number of piperidine rings is 1. The second kappa shape index (κ2) is 10.3. The molecular weight excluding hydrogens is 366 g/mol. The maximum Gasteiger partial charge on any atom is 0.306 e. The predicted octanol–water partition coefficient (Wildman–Crippen LogP) is 4.25. The summed E-state index contributed by atoms with van der Waals surface area (Å²) in [5.74, 6) is 0.672. The fourth-order valence-electron chi connectivity index (χ4n) is 4.19. The van der Waals surface area contributed by atoms with Gasteiger partial charge in [-0.3, -0.25) is 9.69 Å². The second-order valence-corrected chi connectivity index (χ2v) is 7.87. The van der Waals surface area contributed by atoms with Crippen molar-refractivity contribution in [2.75, 3.05) is 27.3 Å². The lowest BCUT2D eigenvalue weighted by molar-refractivity contribution is -0.142. The molecule has 1 unspecified atom stereocenters. The maximum atomic E-state index is 11.9. The molecule has 0 spiro atoms. The number of carboxylic acid groups (broad SMARTS) is 1. The second-order valence-electron chi connectivity index (χ2n) is 7.87. The fourth-order valence-corrected chi connectivity index (χ4v) is 4.19. The fraction of sp³-hybridized carbons (Fsp3) is 0.458. The Morgan fingerprint density at radius 2 is 1.72 bits per heavy atom. The molecule has 0 bridgehead atoms. The van der Waals surface area contributed by atoms with Crippen LogP contribution >= 0.6 is 0 Å². The van der Waals surface area contributed by atoms with Crippen molar-refractivity contribution in [3.05, 3.63) is 59.7 Å². The number of benzene rings is 2. The molecule has 1 heterocycles. The van der Waals surface area contributed by atoms with Gasteiger partial charge in [0.2, 0.25) is 0 Å². The van der Waals surface area contributed by atoms with E-state index >= 15 is 0 Å². The van der Waals surface area contributed by atoms with Gasteiger partial charge in [-0.1, -0.05) is 36.4 Å². The van der Waals surface area contributed by atoms with Crippen molar-refractivity contribution in [2.24, 2.45) is 11.8 Å². The molecule has 1 saturated heterocycles. The summed E-state index contributed by atoms with van der Waals surface area (Å²) in [5, 5.41) is 9.77. The van der Waals surface area contributed by atoms with Gasteiger partial charge in [0, 0.05) is 6.54 Å². The third kappa shape index (κ3) is 5.97. The van der Waals surface area contributed by atoms with Gasteiger partial charge in [-0.2, -0.15) is 0 Å². The monoisotopic (exact) mass is 397 g/mol. The van der Waals surface area contributed by atoms with E-state index in [0.29, 0.717) is 23.8 Å². The zero-order valence-electron chi connectivity index (χ0n) is 17.3. The largest absolute Gasteiger partial charge is 0.493 e. The van der Waals surface area contributed by atoms with Gasteiger partial charge in [0.25, 0.3) is 0 Å². The first kappa shape index (κ1) is 21.2. The van der Waals surface area contributed by atoms with Gasteiger partial charge in [-0.05, 0) is 68.0 Å². The summed E-state index contributed by atoms with van der Waals surface area (Å²) in [6, 6.07) is 16.2. The summed E-state index contributed by atoms with van der Waals surface area (Å²) in [6.07, 6.45) is 3.36. The Morgan fingerprint density at radius 3 is 2.34 bits per heavy atom. The number of methoxy groups -OCH3 is 2. The minimum atomic E-state index is -0.716. The van der Waals surface area contributed by atoms with E-state index in [9.17, 15) is 9.90 Å². The molecule has 2 aromatic carbocycles. The minimum Gasteiger partial charge on any atom is -0.493 e. The third-order valence-electron chi connectivity index (χ3n) is 5.85. The van der Waals surface area contributed by atoms with Crippen LogP contribution in [-0.2, 0) is 17.8 Å². The number of carbonyl (C=O) groups is 1. The van der Waals surface area contributed by atoms with Crippen LogP contribution in [0.5, 0.6) is 11.5 Å². The average Bonchev–Trinajstić information content (AvgIpc) is 2.75. The smallest absolute Gasteiger partial charge is 0.306 e. The molecule has 3 rings (SSSR count). The van der Waals surface area contributed by atoms with E-state index in [-0.39, 0.29) is 5.92 Å². The first-order valence-electron chi connectivity index (χ1n) is 10.3. The van der Waals surface area contributed by atoms with Gasteiger partial charge >= 0.3 is 5.97 Å². The molecule has 0 radical (unpaired) electrons. The molecule has 0 amide bonds. The number of hydrogen-bond donors (Lipinski definition) is 1. The van der Waals surface area contributed by atoms with Crippen LogP contribution in [0.4, 0.5) is 0 Å². The highest BCUT2D eigenvalue weighted by molar-refractivity contribution is 5.70. The van der Waals surface area contributed by atoms with Gasteiger partial charge in [0.15, 0.2) is 11.5 Å². The van der Waals surface area contributed by atoms with Crippen molar-refractivity contribution in [3.63, 3.8) is 0 Å². The molecule has 2 aromatic rings. The van der Waals surface area contributed by atoms with E-state index < -0.39 is 5.97 Å². The Hall–Kier alpha value is -2.53. The molecule has 1 aliphatic heterocycles. The van der Waals surface area contributed by atoms with Gasteiger partial charge in [0.1, 0.15) is 0 Å². The Bertz CT molecular complexity index is 785. The quantitative estimate of drug-likeness (QED) is 0.685. The van der Waals surface area contributed by atoms with Crippen LogP contribution in [-0.4, -0.2) is 43.3 Å². The van der Waals surface area contributed by atoms with Crippen molar-refractivity contribution in [3.8, 4) is 11.5 Å². The molecule has 1 aliphatic rings. The zero-order chi connectivity index (χ0) is 20.6. The molecule has 156 valence electrons. The molecule has 1 atom stereocenters. The number of nitrogens with zero attached hydrogens (tertiary/aromatic N) is 1. The Labute approximate surface area is 173 Å². The van der Waals surface area contributed by atoms with E-state index in [1.165, 1.54) is 5.56 Å². The summed E-state index contributed by atoms with van der Waals surface area (Å²) in [7, 11) is 3.20. The number of carboxylic acids is 1. The maximum absolute atomic E-state index is 11.9. The van der Waals surface area contributed by atoms with Gasteiger partial charge in [-0.25, -0.2) is 0 Å². The summed E-state index contributed by atoms with van der Waals surface area (Å²) in [4.78, 5) is 14.4. The van der Waals surface area contributed by atoms with Crippen LogP contribution in [0.2, 0.25) is 0 Å². The highest BCUT2D eigenvalue weighted by Gasteiger charge is 2.26. The van der Waals surface area contributed by atoms with Crippen LogP contribution in [0.15, 0.2) is 48.5 Å². The molecule has 0 aromatic heterocycles. The number of likely N-dealkylation sites (tertiary alicyclic amines) is 1. The lowest BCUT2D eigenvalue weighted by Gasteiger charge is -2.33. The van der Waals surface area contributed by atoms with Crippen molar-refractivity contribution >= 4 is 5.97 Å². The standard InChI is InChI=1S/C24H31NO4/c1-28-22-9-8-20(16-23(22)29-2)15-21(24(26)27)14-18-10-12-25(13-11-18)17-19-6-4-3-5-7-19/h3-9,16,18,21H,10-15,17H2,1-2H3,(H,26,27). The zero-order valence-corrected chi connectivity index (χ0v) is 17.3. The molecule has 1 fully saturated rings. The molecule has 5 nitrogen and oxygen atoms in total. The van der Waals surface area contributed by atoms with Gasteiger partial charge in [-0.15, -0.1) is 0 Å². The van der Waals surface area contributed by atoms with Crippen LogP contribution in [0.1, 0.15) is 30.4 Å². The molecular formula is C24H31NO4. The molecule has 1 N–H and O–H groups in total. The average molecular weight is 398 g/mol. The van der Waals surface area contributed by atoms with Crippen LogP contribution in [0.3, 0.4) is 0 Å². The summed E-state index contributed by atoms with van der Waals surface area (Å²) in [6.45, 7) is 3.03. The van der Waals surface area contributed by atoms with Crippen molar-refractivity contribution in [1.29, 1.82) is 0 Å². The van der Waals surface area contributed by atoms with Crippen molar-refractivity contribution in [2.45, 2.75) is 32.2 Å². The molecule has 0 aliphatic carbocycles. The molecule has 0 saturated carbocycles. The van der Waals surface area contributed by atoms with E-state index in [0.717, 1.165) is 44.5 Å². The summed E-state index contributed by atoms with van der Waals surface area (Å²) < 4.78 is 10.6. The normalized spacial score (nSPS) is 16.3. The Kier molecular flexibility index (Phi) is 7.53. The van der Waals surface area contributed by atoms with Crippen LogP contribution in [0, 0.1) is 11.8 Å². The lowest BCUT2D eigenvalue weighted by Crippen LogP contribution is -2.34. The predicted molar refractivity (Wildman–Crippen MR) is 113 cm³/mol. The highest BCUT2D eigenvalue weighted by Crippen LogP contribution is 2.31. The van der Waals surface area contributed by atoms with E-state index in [2.05, 4.69) is 29.2 Å².